The number of hydrogen-bond acceptors (Lipinski definition) is 2. The molecule has 3 nitrogen and oxygen atoms in total. The molecule has 1 atom stereocenters. The molecule has 18 heavy (non-hydrogen) atoms. The highest BCUT2D eigenvalue weighted by atomic mass is 35.5. The number of aryl methyl sites for hydroxylation is 1. The summed E-state index contributed by atoms with van der Waals surface area (Å²) in [6.07, 6.45) is 4.28. The van der Waals surface area contributed by atoms with Gasteiger partial charge in [0.2, 0.25) is 0 Å². The van der Waals surface area contributed by atoms with Crippen molar-refractivity contribution in [3.63, 3.8) is 0 Å². The van der Waals surface area contributed by atoms with Gasteiger partial charge in [0, 0.05) is 18.3 Å². The summed E-state index contributed by atoms with van der Waals surface area (Å²) < 4.78 is 15.1. The first-order chi connectivity index (χ1) is 8.60. The molecule has 0 fully saturated rings. The molecule has 0 bridgehead atoms. The van der Waals surface area contributed by atoms with Crippen molar-refractivity contribution in [1.82, 2.24) is 14.9 Å². The molecule has 0 amide bonds. The predicted octanol–water partition coefficient (Wildman–Crippen LogP) is 2.72. The average molecular weight is 268 g/mol. The van der Waals surface area contributed by atoms with Crippen molar-refractivity contribution in [2.45, 2.75) is 12.5 Å². The highest BCUT2D eigenvalue weighted by molar-refractivity contribution is 6.31. The Bertz CT molecular complexity index is 539. The predicted molar refractivity (Wildman–Crippen MR) is 70.1 cm³/mol. The number of benzene rings is 1. The number of aromatic nitrogens is 2. The third kappa shape index (κ3) is 2.89. The maximum absolute atomic E-state index is 13.2. The van der Waals surface area contributed by atoms with Gasteiger partial charge in [-0.15, -0.1) is 0 Å². The van der Waals surface area contributed by atoms with Crippen LogP contribution < -0.4 is 5.32 Å². The van der Waals surface area contributed by atoms with Crippen molar-refractivity contribution in [3.05, 3.63) is 52.8 Å². The molecule has 0 spiro atoms. The number of nitrogens with one attached hydrogen (secondary N) is 1. The maximum atomic E-state index is 13.2. The number of rotatable bonds is 4. The largest absolute Gasteiger partial charge is 0.340 e. The van der Waals surface area contributed by atoms with Crippen LogP contribution in [-0.2, 0) is 13.5 Å². The number of likely N-dealkylation sites (N-methyl/N-ethyl adjacent to an activating group) is 1. The Kier molecular flexibility index (Phi) is 3.99. The normalized spacial score (nSPS) is 12.7. The molecule has 1 heterocycles. The van der Waals surface area contributed by atoms with Crippen LogP contribution in [0.5, 0.6) is 0 Å². The first kappa shape index (κ1) is 13.1. The summed E-state index contributed by atoms with van der Waals surface area (Å²) >= 11 is 6.07. The smallest absolute Gasteiger partial charge is 0.123 e. The van der Waals surface area contributed by atoms with E-state index in [0.29, 0.717) is 11.4 Å². The Labute approximate surface area is 111 Å². The summed E-state index contributed by atoms with van der Waals surface area (Å²) in [5, 5.41) is 3.75. The fourth-order valence-electron chi connectivity index (χ4n) is 1.89. The van der Waals surface area contributed by atoms with Crippen LogP contribution in [0, 0.1) is 5.82 Å². The number of halogens is 2. The van der Waals surface area contributed by atoms with Gasteiger partial charge in [-0.3, -0.25) is 0 Å². The second kappa shape index (κ2) is 5.50. The lowest BCUT2D eigenvalue weighted by atomic mass is 10.0. The van der Waals surface area contributed by atoms with Crippen molar-refractivity contribution >= 4 is 11.6 Å². The SMILES string of the molecule is CNC(Cc1cc(F)ccc1Cl)c1cn(C)cn1. The lowest BCUT2D eigenvalue weighted by Crippen LogP contribution is -2.19. The van der Waals surface area contributed by atoms with Crippen LogP contribution in [0.3, 0.4) is 0 Å². The van der Waals surface area contributed by atoms with E-state index in [1.807, 2.05) is 24.9 Å². The third-order valence-electron chi connectivity index (χ3n) is 2.86. The van der Waals surface area contributed by atoms with E-state index in [-0.39, 0.29) is 11.9 Å². The fraction of sp³-hybridized carbons (Fsp3) is 0.308. The Balaban J connectivity index is 2.22. The van der Waals surface area contributed by atoms with Crippen molar-refractivity contribution in [1.29, 1.82) is 0 Å². The van der Waals surface area contributed by atoms with Crippen molar-refractivity contribution < 1.29 is 4.39 Å². The lowest BCUT2D eigenvalue weighted by Gasteiger charge is -2.14. The average Bonchev–Trinajstić information content (AvgIpc) is 2.77. The van der Waals surface area contributed by atoms with Gasteiger partial charge in [-0.2, -0.15) is 0 Å². The molecule has 1 aromatic carbocycles. The molecule has 1 N–H and O–H groups in total. The monoisotopic (exact) mass is 267 g/mol. The van der Waals surface area contributed by atoms with E-state index in [2.05, 4.69) is 10.3 Å². The Morgan fingerprint density at radius 2 is 2.28 bits per heavy atom. The summed E-state index contributed by atoms with van der Waals surface area (Å²) in [7, 11) is 3.77. The zero-order chi connectivity index (χ0) is 13.1. The molecule has 0 radical (unpaired) electrons. The minimum Gasteiger partial charge on any atom is -0.340 e. The summed E-state index contributed by atoms with van der Waals surface area (Å²) in [5.74, 6) is -0.273. The second-order valence-corrected chi connectivity index (χ2v) is 4.65. The zero-order valence-corrected chi connectivity index (χ0v) is 11.1. The minimum absolute atomic E-state index is 0.0190. The zero-order valence-electron chi connectivity index (χ0n) is 10.3. The molecule has 1 unspecified atom stereocenters. The van der Waals surface area contributed by atoms with Crippen LogP contribution >= 0.6 is 11.6 Å². The Morgan fingerprint density at radius 1 is 1.50 bits per heavy atom. The van der Waals surface area contributed by atoms with Gasteiger partial charge in [0.1, 0.15) is 5.82 Å². The number of nitrogens with zero attached hydrogens (tertiary/aromatic N) is 2. The summed E-state index contributed by atoms with van der Waals surface area (Å²) in [5.41, 5.74) is 1.70. The molecule has 0 saturated heterocycles. The van der Waals surface area contributed by atoms with E-state index in [1.165, 1.54) is 12.1 Å². The van der Waals surface area contributed by atoms with E-state index in [1.54, 1.807) is 12.4 Å². The molecule has 0 aliphatic rings. The lowest BCUT2D eigenvalue weighted by molar-refractivity contribution is 0.572. The van der Waals surface area contributed by atoms with E-state index < -0.39 is 0 Å². The van der Waals surface area contributed by atoms with Gasteiger partial charge in [-0.05, 0) is 37.2 Å². The molecule has 5 heteroatoms. The number of hydrogen-bond donors (Lipinski definition) is 1. The van der Waals surface area contributed by atoms with Gasteiger partial charge < -0.3 is 9.88 Å². The molecular weight excluding hydrogens is 253 g/mol. The van der Waals surface area contributed by atoms with Crippen molar-refractivity contribution in [2.75, 3.05) is 7.05 Å². The Morgan fingerprint density at radius 3 is 2.89 bits per heavy atom. The third-order valence-corrected chi connectivity index (χ3v) is 3.23. The van der Waals surface area contributed by atoms with Crippen LogP contribution in [0.2, 0.25) is 5.02 Å². The number of imidazole rings is 1. The highest BCUT2D eigenvalue weighted by Crippen LogP contribution is 2.23. The standard InChI is InChI=1S/C13H15ClFN3/c1-16-12(13-7-18(2)8-17-13)6-9-5-10(15)3-4-11(9)14/h3-5,7-8,12,16H,6H2,1-2H3. The summed E-state index contributed by atoms with van der Waals surface area (Å²) in [4.78, 5) is 4.30. The second-order valence-electron chi connectivity index (χ2n) is 4.25. The summed E-state index contributed by atoms with van der Waals surface area (Å²) in [6.45, 7) is 0. The fourth-order valence-corrected chi connectivity index (χ4v) is 2.08. The van der Waals surface area contributed by atoms with Crippen LogP contribution in [0.25, 0.3) is 0 Å². The molecule has 2 aromatic rings. The first-order valence-corrected chi connectivity index (χ1v) is 6.07. The van der Waals surface area contributed by atoms with E-state index in [0.717, 1.165) is 11.3 Å². The van der Waals surface area contributed by atoms with Gasteiger partial charge in [-0.25, -0.2) is 9.37 Å². The first-order valence-electron chi connectivity index (χ1n) is 5.69. The van der Waals surface area contributed by atoms with Crippen molar-refractivity contribution in [2.24, 2.45) is 7.05 Å². The van der Waals surface area contributed by atoms with E-state index in [9.17, 15) is 4.39 Å². The van der Waals surface area contributed by atoms with E-state index in [4.69, 9.17) is 11.6 Å². The van der Waals surface area contributed by atoms with E-state index >= 15 is 0 Å². The molecule has 0 aliphatic carbocycles. The molecular formula is C13H15ClFN3. The van der Waals surface area contributed by atoms with Crippen molar-refractivity contribution in [3.8, 4) is 0 Å². The van der Waals surface area contributed by atoms with Gasteiger partial charge in [0.25, 0.3) is 0 Å². The summed E-state index contributed by atoms with van der Waals surface area (Å²) in [6, 6.07) is 4.43. The van der Waals surface area contributed by atoms with Gasteiger partial charge in [-0.1, -0.05) is 11.6 Å². The van der Waals surface area contributed by atoms with Crippen LogP contribution in [-0.4, -0.2) is 16.6 Å². The quantitative estimate of drug-likeness (QED) is 0.923. The minimum atomic E-state index is -0.273. The molecule has 1 aromatic heterocycles. The molecule has 0 aliphatic heterocycles. The van der Waals surface area contributed by atoms with Crippen LogP contribution in [0.1, 0.15) is 17.3 Å². The maximum Gasteiger partial charge on any atom is 0.123 e. The molecule has 96 valence electrons. The van der Waals surface area contributed by atoms with Gasteiger partial charge >= 0.3 is 0 Å². The highest BCUT2D eigenvalue weighted by Gasteiger charge is 2.14. The van der Waals surface area contributed by atoms with Crippen LogP contribution in [0.4, 0.5) is 4.39 Å². The molecule has 2 rings (SSSR count). The topological polar surface area (TPSA) is 29.9 Å². The van der Waals surface area contributed by atoms with Gasteiger partial charge in [0.05, 0.1) is 18.1 Å². The Hall–Kier alpha value is -1.39. The van der Waals surface area contributed by atoms with Gasteiger partial charge in [0.15, 0.2) is 0 Å². The molecule has 0 saturated carbocycles. The van der Waals surface area contributed by atoms with Crippen LogP contribution in [0.15, 0.2) is 30.7 Å².